The number of carbonyl (C=O) groups excluding carboxylic acids is 1. The number of nitro benzene ring substituents is 1. The van der Waals surface area contributed by atoms with E-state index in [1.54, 1.807) is 6.92 Å². The third-order valence-corrected chi connectivity index (χ3v) is 2.93. The summed E-state index contributed by atoms with van der Waals surface area (Å²) >= 11 is 3.07. The van der Waals surface area contributed by atoms with E-state index in [0.29, 0.717) is 10.9 Å². The van der Waals surface area contributed by atoms with Crippen molar-refractivity contribution >= 4 is 27.5 Å². The van der Waals surface area contributed by atoms with Crippen LogP contribution in [0.5, 0.6) is 0 Å². The smallest absolute Gasteiger partial charge is 0.282 e. The Balaban J connectivity index is 3.16. The Morgan fingerprint density at radius 2 is 2.15 bits per heavy atom. The molecule has 0 aliphatic carbocycles. The summed E-state index contributed by atoms with van der Waals surface area (Å²) in [6.07, 6.45) is -2.69. The molecule has 0 atom stereocenters. The molecule has 0 saturated heterocycles. The summed E-state index contributed by atoms with van der Waals surface area (Å²) in [7, 11) is 0. The van der Waals surface area contributed by atoms with Gasteiger partial charge in [-0.2, -0.15) is 0 Å². The van der Waals surface area contributed by atoms with Gasteiger partial charge in [-0.05, 0) is 18.6 Å². The largest absolute Gasteiger partial charge is 0.332 e. The number of nitrogens with zero attached hydrogens (tertiary/aromatic N) is 2. The van der Waals surface area contributed by atoms with Crippen molar-refractivity contribution in [3.8, 4) is 0 Å². The fraction of sp³-hybridized carbons (Fsp3) is 0.417. The minimum absolute atomic E-state index is 0.0499. The molecular weight excluding hydrogens is 338 g/mol. The maximum absolute atomic E-state index is 12.5. The van der Waals surface area contributed by atoms with Gasteiger partial charge in [0.25, 0.3) is 18.0 Å². The lowest BCUT2D eigenvalue weighted by Gasteiger charge is -2.21. The summed E-state index contributed by atoms with van der Waals surface area (Å²) in [5, 5.41) is 11.2. The lowest BCUT2D eigenvalue weighted by Crippen LogP contribution is -2.36. The van der Waals surface area contributed by atoms with E-state index in [-0.39, 0.29) is 17.8 Å². The molecule has 1 aromatic carbocycles. The van der Waals surface area contributed by atoms with Crippen LogP contribution in [0.3, 0.4) is 0 Å². The third-order valence-electron chi connectivity index (χ3n) is 2.58. The van der Waals surface area contributed by atoms with Gasteiger partial charge in [-0.25, -0.2) is 8.78 Å². The lowest BCUT2D eigenvalue weighted by atomic mass is 10.1. The zero-order valence-corrected chi connectivity index (χ0v) is 12.3. The summed E-state index contributed by atoms with van der Waals surface area (Å²) in [5.74, 6) is -0.764. The van der Waals surface area contributed by atoms with Crippen LogP contribution in [-0.4, -0.2) is 40.6 Å². The highest BCUT2D eigenvalue weighted by Crippen LogP contribution is 2.22. The van der Waals surface area contributed by atoms with Crippen molar-refractivity contribution in [3.63, 3.8) is 0 Å². The van der Waals surface area contributed by atoms with Gasteiger partial charge in [0.1, 0.15) is 5.56 Å². The molecule has 1 rings (SSSR count). The van der Waals surface area contributed by atoms with Crippen LogP contribution < -0.4 is 0 Å². The van der Waals surface area contributed by atoms with Crippen LogP contribution >= 0.6 is 15.9 Å². The van der Waals surface area contributed by atoms with Crippen molar-refractivity contribution in [1.82, 2.24) is 4.90 Å². The van der Waals surface area contributed by atoms with Gasteiger partial charge >= 0.3 is 0 Å². The fourth-order valence-electron chi connectivity index (χ4n) is 1.70. The molecule has 1 amide bonds. The Bertz CT molecular complexity index is 511. The van der Waals surface area contributed by atoms with Crippen LogP contribution in [-0.2, 0) is 0 Å². The zero-order valence-electron chi connectivity index (χ0n) is 10.7. The molecule has 0 bridgehead atoms. The summed E-state index contributed by atoms with van der Waals surface area (Å²) in [4.78, 5) is 23.3. The first-order chi connectivity index (χ1) is 9.36. The fourth-order valence-corrected chi connectivity index (χ4v) is 2.12. The predicted octanol–water partition coefficient (Wildman–Crippen LogP) is 3.01. The molecule has 0 aromatic heterocycles. The summed E-state index contributed by atoms with van der Waals surface area (Å²) in [6.45, 7) is 0.965. The first-order valence-corrected chi connectivity index (χ1v) is 6.87. The van der Waals surface area contributed by atoms with E-state index in [4.69, 9.17) is 0 Å². The third kappa shape index (κ3) is 4.22. The average Bonchev–Trinajstić information content (AvgIpc) is 2.36. The van der Waals surface area contributed by atoms with E-state index in [9.17, 15) is 23.7 Å². The van der Waals surface area contributed by atoms with Gasteiger partial charge in [-0.1, -0.05) is 22.0 Å². The molecule has 0 heterocycles. The minimum atomic E-state index is -2.69. The Kier molecular flexibility index (Phi) is 6.00. The second kappa shape index (κ2) is 7.28. The zero-order chi connectivity index (χ0) is 15.3. The van der Waals surface area contributed by atoms with Crippen molar-refractivity contribution < 1.29 is 18.5 Å². The number of benzene rings is 1. The number of hydrogen-bond acceptors (Lipinski definition) is 3. The highest BCUT2D eigenvalue weighted by Gasteiger charge is 2.26. The molecule has 1 aromatic rings. The molecule has 0 aliphatic rings. The number of alkyl halides is 3. The standard InChI is InChI=1S/C12H13BrF2N2O3/c1-8-2-3-10(17(19)20)9(6-8)12(18)16(5-4-13)7-11(14)15/h2-3,6,11H,4-5,7H2,1H3. The second-order valence-corrected chi connectivity index (χ2v) is 4.90. The molecule has 110 valence electrons. The maximum atomic E-state index is 12.5. The molecule has 0 radical (unpaired) electrons. The van der Waals surface area contributed by atoms with Crippen molar-refractivity contribution in [1.29, 1.82) is 0 Å². The van der Waals surface area contributed by atoms with Crippen molar-refractivity contribution in [2.45, 2.75) is 13.3 Å². The normalized spacial score (nSPS) is 10.7. The molecule has 0 N–H and O–H groups in total. The van der Waals surface area contributed by atoms with E-state index >= 15 is 0 Å². The maximum Gasteiger partial charge on any atom is 0.282 e. The topological polar surface area (TPSA) is 63.5 Å². The molecule has 5 nitrogen and oxygen atoms in total. The van der Waals surface area contributed by atoms with Crippen LogP contribution in [0, 0.1) is 17.0 Å². The number of carbonyl (C=O) groups is 1. The monoisotopic (exact) mass is 350 g/mol. The highest BCUT2D eigenvalue weighted by atomic mass is 79.9. The molecule has 0 aliphatic heterocycles. The van der Waals surface area contributed by atoms with Crippen LogP contribution in [0.1, 0.15) is 15.9 Å². The van der Waals surface area contributed by atoms with Crippen molar-refractivity contribution in [3.05, 3.63) is 39.4 Å². The van der Waals surface area contributed by atoms with Gasteiger partial charge in [-0.15, -0.1) is 0 Å². The molecule has 0 spiro atoms. The molecule has 0 saturated carbocycles. The van der Waals surface area contributed by atoms with Gasteiger partial charge in [0, 0.05) is 17.9 Å². The molecular formula is C12H13BrF2N2O3. The van der Waals surface area contributed by atoms with E-state index in [2.05, 4.69) is 15.9 Å². The number of hydrogen-bond donors (Lipinski definition) is 0. The molecule has 20 heavy (non-hydrogen) atoms. The van der Waals surface area contributed by atoms with Crippen molar-refractivity contribution in [2.24, 2.45) is 0 Å². The van der Waals surface area contributed by atoms with E-state index in [0.717, 1.165) is 4.90 Å². The first-order valence-electron chi connectivity index (χ1n) is 5.75. The summed E-state index contributed by atoms with van der Waals surface area (Å²) in [5.41, 5.74) is 0.0980. The Morgan fingerprint density at radius 1 is 1.50 bits per heavy atom. The predicted molar refractivity (Wildman–Crippen MR) is 73.5 cm³/mol. The number of halogens is 3. The highest BCUT2D eigenvalue weighted by molar-refractivity contribution is 9.09. The van der Waals surface area contributed by atoms with Crippen LogP contribution in [0.4, 0.5) is 14.5 Å². The lowest BCUT2D eigenvalue weighted by molar-refractivity contribution is -0.385. The number of rotatable bonds is 6. The number of amides is 1. The van der Waals surface area contributed by atoms with Gasteiger partial charge < -0.3 is 4.90 Å². The van der Waals surface area contributed by atoms with E-state index < -0.39 is 23.8 Å². The van der Waals surface area contributed by atoms with E-state index in [1.807, 2.05) is 0 Å². The van der Waals surface area contributed by atoms with Crippen LogP contribution in [0.15, 0.2) is 18.2 Å². The van der Waals surface area contributed by atoms with Gasteiger partial charge in [-0.3, -0.25) is 14.9 Å². The number of nitro groups is 1. The van der Waals surface area contributed by atoms with Gasteiger partial charge in [0.05, 0.1) is 11.5 Å². The molecule has 8 heteroatoms. The van der Waals surface area contributed by atoms with Crippen LogP contribution in [0.2, 0.25) is 0 Å². The summed E-state index contributed by atoms with van der Waals surface area (Å²) < 4.78 is 25.0. The Hall–Kier alpha value is -1.57. The van der Waals surface area contributed by atoms with Crippen LogP contribution in [0.25, 0.3) is 0 Å². The Labute approximate surface area is 122 Å². The minimum Gasteiger partial charge on any atom is -0.332 e. The van der Waals surface area contributed by atoms with E-state index in [1.165, 1.54) is 18.2 Å². The SMILES string of the molecule is Cc1ccc([N+](=O)[O-])c(C(=O)N(CCBr)CC(F)F)c1. The number of aryl methyl sites for hydroxylation is 1. The first kappa shape index (κ1) is 16.5. The quantitative estimate of drug-likeness (QED) is 0.450. The van der Waals surface area contributed by atoms with Crippen molar-refractivity contribution in [2.75, 3.05) is 18.4 Å². The second-order valence-electron chi connectivity index (χ2n) is 4.11. The molecule has 0 fully saturated rings. The average molecular weight is 351 g/mol. The Morgan fingerprint density at radius 3 is 2.65 bits per heavy atom. The van der Waals surface area contributed by atoms with Gasteiger partial charge in [0.15, 0.2) is 0 Å². The van der Waals surface area contributed by atoms with Gasteiger partial charge in [0.2, 0.25) is 0 Å². The molecule has 0 unspecified atom stereocenters. The summed E-state index contributed by atoms with van der Waals surface area (Å²) in [6, 6.07) is 4.04.